The number of benzene rings is 2. The molecule has 1 aliphatic rings. The van der Waals surface area contributed by atoms with E-state index in [4.69, 9.17) is 17.0 Å². The van der Waals surface area contributed by atoms with E-state index in [1.807, 2.05) is 0 Å². The molecule has 1 saturated heterocycles. The average molecular weight is 426 g/mol. The molecule has 0 aliphatic carbocycles. The first-order chi connectivity index (χ1) is 14.4. The average Bonchev–Trinajstić information content (AvgIpc) is 2.97. The van der Waals surface area contributed by atoms with Crippen molar-refractivity contribution < 1.29 is 19.1 Å². The van der Waals surface area contributed by atoms with E-state index in [0.29, 0.717) is 23.5 Å². The first kappa shape index (κ1) is 21.3. The van der Waals surface area contributed by atoms with Gasteiger partial charge in [0.15, 0.2) is 5.11 Å². The minimum Gasteiger partial charge on any atom is -0.497 e. The summed E-state index contributed by atoms with van der Waals surface area (Å²) in [5.74, 6) is -0.542. The van der Waals surface area contributed by atoms with Gasteiger partial charge in [-0.25, -0.2) is 5.01 Å². The summed E-state index contributed by atoms with van der Waals surface area (Å²) in [7, 11) is 1.53. The van der Waals surface area contributed by atoms with Crippen LogP contribution < -0.4 is 15.5 Å². The minimum atomic E-state index is -0.935. The lowest BCUT2D eigenvalue weighted by Crippen LogP contribution is -2.49. The standard InChI is InChI=1S/C21H22N4O4S/c1-3-24-20(28)17(13-18(26)22-15-10-7-11-16(12-15)29-2)25(21(24)30)23-19(27)14-8-5-4-6-9-14/h4-12,17H,3,13H2,1-2H3,(H,22,26)(H,23,27). The number of thiocarbonyl (C=S) groups is 1. The van der Waals surface area contributed by atoms with Crippen molar-refractivity contribution >= 4 is 40.7 Å². The molecule has 30 heavy (non-hydrogen) atoms. The molecule has 0 bridgehead atoms. The maximum Gasteiger partial charge on any atom is 0.269 e. The second-order valence-electron chi connectivity index (χ2n) is 6.54. The van der Waals surface area contributed by atoms with Gasteiger partial charge in [-0.2, -0.15) is 0 Å². The summed E-state index contributed by atoms with van der Waals surface area (Å²) < 4.78 is 5.15. The minimum absolute atomic E-state index is 0.158. The molecule has 156 valence electrons. The SMILES string of the molecule is CCN1C(=O)C(CC(=O)Nc2cccc(OC)c2)N(NC(=O)c2ccccc2)C1=S. The van der Waals surface area contributed by atoms with Gasteiger partial charge in [0.25, 0.3) is 11.8 Å². The number of anilines is 1. The van der Waals surface area contributed by atoms with Crippen LogP contribution in [0.3, 0.4) is 0 Å². The van der Waals surface area contributed by atoms with Gasteiger partial charge in [0.1, 0.15) is 11.8 Å². The maximum absolute atomic E-state index is 12.8. The number of carbonyl (C=O) groups is 3. The molecule has 0 radical (unpaired) electrons. The van der Waals surface area contributed by atoms with Crippen molar-refractivity contribution in [1.82, 2.24) is 15.3 Å². The number of carbonyl (C=O) groups excluding carboxylic acids is 3. The van der Waals surface area contributed by atoms with Gasteiger partial charge in [0.2, 0.25) is 5.91 Å². The van der Waals surface area contributed by atoms with E-state index < -0.39 is 11.9 Å². The van der Waals surface area contributed by atoms with Crippen molar-refractivity contribution in [2.45, 2.75) is 19.4 Å². The molecule has 0 spiro atoms. The highest BCUT2D eigenvalue weighted by atomic mass is 32.1. The van der Waals surface area contributed by atoms with Crippen LogP contribution in [0.2, 0.25) is 0 Å². The van der Waals surface area contributed by atoms with Crippen LogP contribution in [-0.2, 0) is 9.59 Å². The van der Waals surface area contributed by atoms with Crippen LogP contribution in [0.15, 0.2) is 54.6 Å². The summed E-state index contributed by atoms with van der Waals surface area (Å²) in [4.78, 5) is 39.4. The van der Waals surface area contributed by atoms with Gasteiger partial charge < -0.3 is 10.1 Å². The fourth-order valence-corrected chi connectivity index (χ4v) is 3.49. The number of amides is 3. The molecule has 0 aromatic heterocycles. The number of hydrogen-bond donors (Lipinski definition) is 2. The fourth-order valence-electron chi connectivity index (χ4n) is 3.10. The van der Waals surface area contributed by atoms with Gasteiger partial charge in [-0.05, 0) is 43.4 Å². The Morgan fingerprint density at radius 1 is 1.13 bits per heavy atom. The molecule has 3 amide bonds. The first-order valence-corrected chi connectivity index (χ1v) is 9.80. The third-order valence-electron chi connectivity index (χ3n) is 4.61. The highest BCUT2D eigenvalue weighted by Gasteiger charge is 2.43. The molecule has 2 aromatic carbocycles. The quantitative estimate of drug-likeness (QED) is 0.660. The van der Waals surface area contributed by atoms with Crippen LogP contribution in [0.1, 0.15) is 23.7 Å². The second-order valence-corrected chi connectivity index (χ2v) is 6.91. The molecule has 1 unspecified atom stereocenters. The maximum atomic E-state index is 12.8. The predicted molar refractivity (Wildman–Crippen MR) is 116 cm³/mol. The zero-order chi connectivity index (χ0) is 21.7. The summed E-state index contributed by atoms with van der Waals surface area (Å²) >= 11 is 5.37. The van der Waals surface area contributed by atoms with E-state index >= 15 is 0 Å². The molecule has 9 heteroatoms. The second kappa shape index (κ2) is 9.36. The van der Waals surface area contributed by atoms with Gasteiger partial charge in [0.05, 0.1) is 13.5 Å². The molecular formula is C21H22N4O4S. The topological polar surface area (TPSA) is 91.0 Å². The first-order valence-electron chi connectivity index (χ1n) is 9.39. The number of methoxy groups -OCH3 is 1. The number of hydrazine groups is 1. The van der Waals surface area contributed by atoms with Crippen LogP contribution in [0.25, 0.3) is 0 Å². The third kappa shape index (κ3) is 4.57. The Balaban J connectivity index is 1.75. The Bertz CT molecular complexity index is 966. The molecule has 2 N–H and O–H groups in total. The number of likely N-dealkylation sites (N-methyl/N-ethyl adjacent to an activating group) is 1. The van der Waals surface area contributed by atoms with E-state index in [1.165, 1.54) is 17.0 Å². The van der Waals surface area contributed by atoms with Gasteiger partial charge in [-0.3, -0.25) is 24.7 Å². The van der Waals surface area contributed by atoms with Crippen LogP contribution >= 0.6 is 12.2 Å². The van der Waals surface area contributed by atoms with E-state index in [0.717, 1.165) is 0 Å². The largest absolute Gasteiger partial charge is 0.497 e. The van der Waals surface area contributed by atoms with Crippen molar-refractivity contribution in [3.63, 3.8) is 0 Å². The lowest BCUT2D eigenvalue weighted by atomic mass is 10.1. The molecule has 2 aromatic rings. The Labute approximate surface area is 179 Å². The van der Waals surface area contributed by atoms with Crippen molar-refractivity contribution in [3.05, 3.63) is 60.2 Å². The summed E-state index contributed by atoms with van der Waals surface area (Å²) in [6.45, 7) is 2.11. The normalized spacial score (nSPS) is 15.9. The van der Waals surface area contributed by atoms with Gasteiger partial charge >= 0.3 is 0 Å². The van der Waals surface area contributed by atoms with E-state index in [1.54, 1.807) is 61.5 Å². The molecule has 8 nitrogen and oxygen atoms in total. The Hall–Kier alpha value is -3.46. The van der Waals surface area contributed by atoms with Crippen molar-refractivity contribution in [1.29, 1.82) is 0 Å². The molecule has 1 heterocycles. The van der Waals surface area contributed by atoms with E-state index in [-0.39, 0.29) is 23.3 Å². The van der Waals surface area contributed by atoms with Gasteiger partial charge in [-0.1, -0.05) is 24.3 Å². The van der Waals surface area contributed by atoms with E-state index in [2.05, 4.69) is 10.7 Å². The monoisotopic (exact) mass is 426 g/mol. The molecular weight excluding hydrogens is 404 g/mol. The van der Waals surface area contributed by atoms with Crippen LogP contribution in [0.4, 0.5) is 5.69 Å². The summed E-state index contributed by atoms with van der Waals surface area (Å²) in [6, 6.07) is 14.5. The molecule has 1 aliphatic heterocycles. The number of hydrogen-bond acceptors (Lipinski definition) is 5. The predicted octanol–water partition coefficient (Wildman–Crippen LogP) is 2.19. The number of rotatable bonds is 7. The molecule has 1 fully saturated rings. The lowest BCUT2D eigenvalue weighted by Gasteiger charge is -2.24. The van der Waals surface area contributed by atoms with Crippen molar-refractivity contribution in [3.8, 4) is 5.75 Å². The van der Waals surface area contributed by atoms with Gasteiger partial charge in [-0.15, -0.1) is 0 Å². The molecule has 1 atom stereocenters. The summed E-state index contributed by atoms with van der Waals surface area (Å²) in [5.41, 5.74) is 3.63. The zero-order valence-electron chi connectivity index (χ0n) is 16.6. The summed E-state index contributed by atoms with van der Waals surface area (Å²) in [6.07, 6.45) is -0.179. The number of nitrogens with zero attached hydrogens (tertiary/aromatic N) is 2. The Morgan fingerprint density at radius 3 is 2.53 bits per heavy atom. The number of nitrogens with one attached hydrogen (secondary N) is 2. The smallest absolute Gasteiger partial charge is 0.269 e. The van der Waals surface area contributed by atoms with Crippen molar-refractivity contribution in [2.75, 3.05) is 19.0 Å². The highest BCUT2D eigenvalue weighted by molar-refractivity contribution is 7.80. The number of ether oxygens (including phenoxy) is 1. The zero-order valence-corrected chi connectivity index (χ0v) is 17.4. The fraction of sp³-hybridized carbons (Fsp3) is 0.238. The Morgan fingerprint density at radius 2 is 1.87 bits per heavy atom. The third-order valence-corrected chi connectivity index (χ3v) is 5.02. The highest BCUT2D eigenvalue weighted by Crippen LogP contribution is 2.21. The lowest BCUT2D eigenvalue weighted by molar-refractivity contribution is -0.130. The molecule has 0 saturated carbocycles. The van der Waals surface area contributed by atoms with Crippen LogP contribution in [0, 0.1) is 0 Å². The Kier molecular flexibility index (Phi) is 6.63. The molecule has 3 rings (SSSR count). The van der Waals surface area contributed by atoms with Crippen LogP contribution in [0.5, 0.6) is 5.75 Å². The van der Waals surface area contributed by atoms with E-state index in [9.17, 15) is 14.4 Å². The van der Waals surface area contributed by atoms with Gasteiger partial charge in [0, 0.05) is 23.9 Å². The van der Waals surface area contributed by atoms with Crippen molar-refractivity contribution in [2.24, 2.45) is 0 Å². The van der Waals surface area contributed by atoms with Crippen LogP contribution in [-0.4, -0.2) is 52.4 Å². The summed E-state index contributed by atoms with van der Waals surface area (Å²) in [5, 5.41) is 4.20.